The first-order valence-corrected chi connectivity index (χ1v) is 7.94. The maximum atomic E-state index is 6.45. The van der Waals surface area contributed by atoms with Gasteiger partial charge in [-0.3, -0.25) is 0 Å². The minimum Gasteiger partial charge on any atom is -0.362 e. The quantitative estimate of drug-likeness (QED) is 0.918. The van der Waals surface area contributed by atoms with Crippen molar-refractivity contribution >= 4 is 17.3 Å². The topological polar surface area (TPSA) is 29.3 Å². The minimum atomic E-state index is 0.0658. The largest absolute Gasteiger partial charge is 0.362 e. The van der Waals surface area contributed by atoms with Crippen molar-refractivity contribution in [3.8, 4) is 0 Å². The molecule has 0 aliphatic carbocycles. The number of nitrogens with two attached hydrogens (primary N) is 1. The Kier molecular flexibility index (Phi) is 4.18. The molecule has 110 valence electrons. The van der Waals surface area contributed by atoms with Crippen molar-refractivity contribution in [3.05, 3.63) is 64.7 Å². The highest BCUT2D eigenvalue weighted by atomic mass is 35.5. The van der Waals surface area contributed by atoms with Crippen molar-refractivity contribution in [2.75, 3.05) is 11.4 Å². The number of hydrogen-bond acceptors (Lipinski definition) is 2. The van der Waals surface area contributed by atoms with Gasteiger partial charge < -0.3 is 10.6 Å². The molecule has 0 bridgehead atoms. The van der Waals surface area contributed by atoms with Crippen molar-refractivity contribution in [1.29, 1.82) is 0 Å². The summed E-state index contributed by atoms with van der Waals surface area (Å²) in [4.78, 5) is 2.42. The smallest absolute Gasteiger partial charge is 0.0708 e. The van der Waals surface area contributed by atoms with E-state index in [0.29, 0.717) is 0 Å². The Morgan fingerprint density at radius 3 is 2.62 bits per heavy atom. The molecular formula is C18H21ClN2. The van der Waals surface area contributed by atoms with Crippen LogP contribution in [0.25, 0.3) is 0 Å². The maximum absolute atomic E-state index is 6.45. The molecule has 21 heavy (non-hydrogen) atoms. The molecule has 2 unspecified atom stereocenters. The third-order valence-corrected chi connectivity index (χ3v) is 4.70. The fourth-order valence-electron chi connectivity index (χ4n) is 3.22. The molecule has 3 rings (SSSR count). The Balaban J connectivity index is 2.04. The first-order chi connectivity index (χ1) is 10.2. The molecule has 2 atom stereocenters. The second kappa shape index (κ2) is 6.08. The molecule has 0 aromatic heterocycles. The number of halogens is 1. The van der Waals surface area contributed by atoms with Crippen molar-refractivity contribution < 1.29 is 0 Å². The highest BCUT2D eigenvalue weighted by Gasteiger charge is 2.31. The van der Waals surface area contributed by atoms with E-state index < -0.39 is 0 Å². The predicted molar refractivity (Wildman–Crippen MR) is 90.0 cm³/mol. The van der Waals surface area contributed by atoms with Crippen molar-refractivity contribution in [3.63, 3.8) is 0 Å². The van der Waals surface area contributed by atoms with Crippen LogP contribution in [-0.2, 0) is 6.42 Å². The SMILES string of the molecule is CCC(N)C(c1ccccc1Cl)N1CCc2ccccc21. The molecule has 3 heteroatoms. The molecule has 1 aliphatic heterocycles. The normalized spacial score (nSPS) is 16.6. The van der Waals surface area contributed by atoms with E-state index in [4.69, 9.17) is 17.3 Å². The van der Waals surface area contributed by atoms with E-state index >= 15 is 0 Å². The molecular weight excluding hydrogens is 280 g/mol. The average molecular weight is 301 g/mol. The van der Waals surface area contributed by atoms with E-state index in [1.54, 1.807) is 0 Å². The predicted octanol–water partition coefficient (Wildman–Crippen LogP) is 4.18. The van der Waals surface area contributed by atoms with Gasteiger partial charge in [0.25, 0.3) is 0 Å². The first-order valence-electron chi connectivity index (χ1n) is 7.57. The van der Waals surface area contributed by atoms with Gasteiger partial charge >= 0.3 is 0 Å². The molecule has 0 radical (unpaired) electrons. The lowest BCUT2D eigenvalue weighted by Gasteiger charge is -2.35. The highest BCUT2D eigenvalue weighted by molar-refractivity contribution is 6.31. The van der Waals surface area contributed by atoms with Gasteiger partial charge in [0, 0.05) is 23.3 Å². The van der Waals surface area contributed by atoms with Gasteiger partial charge in [-0.05, 0) is 36.1 Å². The summed E-state index contributed by atoms with van der Waals surface area (Å²) in [6, 6.07) is 16.9. The number of para-hydroxylation sites is 1. The zero-order chi connectivity index (χ0) is 14.8. The maximum Gasteiger partial charge on any atom is 0.0708 e. The molecule has 0 amide bonds. The van der Waals surface area contributed by atoms with Gasteiger partial charge in [-0.25, -0.2) is 0 Å². The van der Waals surface area contributed by atoms with E-state index in [1.807, 2.05) is 18.2 Å². The molecule has 2 aromatic carbocycles. The van der Waals surface area contributed by atoms with Gasteiger partial charge in [0.05, 0.1) is 6.04 Å². The summed E-state index contributed by atoms with van der Waals surface area (Å²) < 4.78 is 0. The van der Waals surface area contributed by atoms with E-state index in [2.05, 4.69) is 42.2 Å². The Bertz CT molecular complexity index is 626. The molecule has 0 spiro atoms. The van der Waals surface area contributed by atoms with Gasteiger partial charge in [0.15, 0.2) is 0 Å². The Hall–Kier alpha value is -1.51. The van der Waals surface area contributed by atoms with Gasteiger partial charge in [-0.15, -0.1) is 0 Å². The zero-order valence-corrected chi connectivity index (χ0v) is 13.1. The van der Waals surface area contributed by atoms with E-state index in [0.717, 1.165) is 30.0 Å². The van der Waals surface area contributed by atoms with E-state index in [9.17, 15) is 0 Å². The monoisotopic (exact) mass is 300 g/mol. The fourth-order valence-corrected chi connectivity index (χ4v) is 3.47. The number of fused-ring (bicyclic) bond motifs is 1. The summed E-state index contributed by atoms with van der Waals surface area (Å²) in [5.41, 5.74) is 10.3. The highest BCUT2D eigenvalue weighted by Crippen LogP contribution is 2.38. The first kappa shape index (κ1) is 14.4. The lowest BCUT2D eigenvalue weighted by Crippen LogP contribution is -2.40. The Morgan fingerprint density at radius 1 is 1.14 bits per heavy atom. The van der Waals surface area contributed by atoms with Gasteiger partial charge in [-0.1, -0.05) is 54.9 Å². The zero-order valence-electron chi connectivity index (χ0n) is 12.3. The summed E-state index contributed by atoms with van der Waals surface area (Å²) in [7, 11) is 0. The summed E-state index contributed by atoms with van der Waals surface area (Å²) in [5.74, 6) is 0. The number of nitrogens with zero attached hydrogens (tertiary/aromatic N) is 1. The Morgan fingerprint density at radius 2 is 1.86 bits per heavy atom. The number of anilines is 1. The van der Waals surface area contributed by atoms with Crippen LogP contribution in [0.2, 0.25) is 5.02 Å². The van der Waals surface area contributed by atoms with Crippen LogP contribution >= 0.6 is 11.6 Å². The van der Waals surface area contributed by atoms with Crippen LogP contribution in [0, 0.1) is 0 Å². The van der Waals surface area contributed by atoms with Gasteiger partial charge in [0.1, 0.15) is 0 Å². The van der Waals surface area contributed by atoms with Crippen LogP contribution in [0.3, 0.4) is 0 Å². The molecule has 2 N–H and O–H groups in total. The molecule has 2 aromatic rings. The molecule has 2 nitrogen and oxygen atoms in total. The molecule has 0 saturated heterocycles. The van der Waals surface area contributed by atoms with Crippen LogP contribution in [0.4, 0.5) is 5.69 Å². The number of hydrogen-bond donors (Lipinski definition) is 1. The van der Waals surface area contributed by atoms with E-state index in [1.165, 1.54) is 11.3 Å². The average Bonchev–Trinajstić information content (AvgIpc) is 2.93. The molecule has 1 heterocycles. The van der Waals surface area contributed by atoms with Crippen molar-refractivity contribution in [1.82, 2.24) is 0 Å². The van der Waals surface area contributed by atoms with Crippen LogP contribution in [0.15, 0.2) is 48.5 Å². The van der Waals surface area contributed by atoms with Gasteiger partial charge in [-0.2, -0.15) is 0 Å². The second-order valence-corrected chi connectivity index (χ2v) is 6.02. The summed E-state index contributed by atoms with van der Waals surface area (Å²) in [6.45, 7) is 3.14. The van der Waals surface area contributed by atoms with Crippen LogP contribution in [-0.4, -0.2) is 12.6 Å². The standard InChI is InChI=1S/C18H21ClN2/c1-2-16(20)18(14-8-4-5-9-15(14)19)21-12-11-13-7-3-6-10-17(13)21/h3-10,16,18H,2,11-12,20H2,1H3. The molecule has 0 fully saturated rings. The number of rotatable bonds is 4. The lowest BCUT2D eigenvalue weighted by atomic mass is 9.96. The Labute approximate surface area is 131 Å². The van der Waals surface area contributed by atoms with Crippen molar-refractivity contribution in [2.45, 2.75) is 31.8 Å². The summed E-state index contributed by atoms with van der Waals surface area (Å²) in [6.07, 6.45) is 2.00. The lowest BCUT2D eigenvalue weighted by molar-refractivity contribution is 0.498. The number of benzene rings is 2. The third-order valence-electron chi connectivity index (χ3n) is 4.36. The third kappa shape index (κ3) is 2.66. The molecule has 0 saturated carbocycles. The van der Waals surface area contributed by atoms with Crippen LogP contribution in [0.1, 0.15) is 30.5 Å². The van der Waals surface area contributed by atoms with Crippen molar-refractivity contribution in [2.24, 2.45) is 5.73 Å². The summed E-state index contributed by atoms with van der Waals surface area (Å²) in [5, 5.41) is 0.802. The fraction of sp³-hybridized carbons (Fsp3) is 0.333. The van der Waals surface area contributed by atoms with Crippen LogP contribution < -0.4 is 10.6 Å². The van der Waals surface area contributed by atoms with Gasteiger partial charge in [0.2, 0.25) is 0 Å². The summed E-state index contributed by atoms with van der Waals surface area (Å²) >= 11 is 6.44. The minimum absolute atomic E-state index is 0.0658. The second-order valence-electron chi connectivity index (χ2n) is 5.61. The van der Waals surface area contributed by atoms with Crippen LogP contribution in [0.5, 0.6) is 0 Å². The van der Waals surface area contributed by atoms with E-state index in [-0.39, 0.29) is 12.1 Å². The molecule has 1 aliphatic rings.